The molecule has 0 aromatic heterocycles. The molecule has 0 saturated heterocycles. The van der Waals surface area contributed by atoms with E-state index in [1.165, 1.54) is 30.4 Å². The lowest BCUT2D eigenvalue weighted by Gasteiger charge is -2.07. The molecule has 1 heteroatoms. The molecular weight excluding hydrogens is 268 g/mol. The Labute approximate surface area is 134 Å². The molecule has 22 heavy (non-hydrogen) atoms. The average Bonchev–Trinajstić information content (AvgIpc) is 2.56. The molecule has 0 heterocycles. The Morgan fingerprint density at radius 3 is 2.05 bits per heavy atom. The van der Waals surface area contributed by atoms with Gasteiger partial charge in [0.15, 0.2) is 0 Å². The minimum absolute atomic E-state index is 0.883. The summed E-state index contributed by atoms with van der Waals surface area (Å²) in [6, 6.07) is 16.7. The van der Waals surface area contributed by atoms with Gasteiger partial charge >= 0.3 is 0 Å². The SMILES string of the molecule is CCC/C=C/c1ccc(Oc2ccc(CCCC)cc2)cc1. The zero-order valence-electron chi connectivity index (χ0n) is 13.7. The van der Waals surface area contributed by atoms with E-state index in [2.05, 4.69) is 62.4 Å². The fourth-order valence-corrected chi connectivity index (χ4v) is 2.27. The number of hydrogen-bond donors (Lipinski definition) is 0. The molecule has 0 fully saturated rings. The molecule has 0 unspecified atom stereocenters. The number of hydrogen-bond acceptors (Lipinski definition) is 1. The third-order valence-corrected chi connectivity index (χ3v) is 3.62. The number of unbranched alkanes of at least 4 members (excludes halogenated alkanes) is 2. The predicted octanol–water partition coefficient (Wildman–Crippen LogP) is 6.63. The summed E-state index contributed by atoms with van der Waals surface area (Å²) in [5.74, 6) is 1.78. The Morgan fingerprint density at radius 2 is 1.45 bits per heavy atom. The van der Waals surface area contributed by atoms with Gasteiger partial charge < -0.3 is 4.74 Å². The zero-order chi connectivity index (χ0) is 15.6. The molecule has 0 saturated carbocycles. The van der Waals surface area contributed by atoms with Gasteiger partial charge in [-0.15, -0.1) is 0 Å². The quantitative estimate of drug-likeness (QED) is 0.530. The summed E-state index contributed by atoms with van der Waals surface area (Å²) in [5.41, 5.74) is 2.60. The lowest BCUT2D eigenvalue weighted by Crippen LogP contribution is -1.87. The number of aryl methyl sites for hydroxylation is 1. The molecule has 0 bridgehead atoms. The Morgan fingerprint density at radius 1 is 0.818 bits per heavy atom. The predicted molar refractivity (Wildman–Crippen MR) is 95.5 cm³/mol. The van der Waals surface area contributed by atoms with Crippen LogP contribution in [0.15, 0.2) is 54.6 Å². The number of rotatable bonds is 8. The van der Waals surface area contributed by atoms with E-state index in [1.807, 2.05) is 12.1 Å². The highest BCUT2D eigenvalue weighted by molar-refractivity contribution is 5.50. The normalized spacial score (nSPS) is 11.0. The highest BCUT2D eigenvalue weighted by Crippen LogP contribution is 2.23. The Kier molecular flexibility index (Phi) is 6.76. The van der Waals surface area contributed by atoms with E-state index in [4.69, 9.17) is 4.74 Å². The van der Waals surface area contributed by atoms with Crippen LogP contribution in [0, 0.1) is 0 Å². The van der Waals surface area contributed by atoms with Crippen LogP contribution < -0.4 is 4.74 Å². The minimum atomic E-state index is 0.883. The van der Waals surface area contributed by atoms with Gasteiger partial charge in [0.1, 0.15) is 11.5 Å². The van der Waals surface area contributed by atoms with Gasteiger partial charge in [-0.25, -0.2) is 0 Å². The molecule has 0 radical (unpaired) electrons. The molecule has 0 amide bonds. The second kappa shape index (κ2) is 9.09. The first-order valence-electron chi connectivity index (χ1n) is 8.35. The molecule has 2 aromatic carbocycles. The van der Waals surface area contributed by atoms with Crippen LogP contribution in [-0.4, -0.2) is 0 Å². The van der Waals surface area contributed by atoms with Crippen LogP contribution in [0.5, 0.6) is 11.5 Å². The molecule has 2 aromatic rings. The highest BCUT2D eigenvalue weighted by atomic mass is 16.5. The van der Waals surface area contributed by atoms with Crippen molar-refractivity contribution >= 4 is 6.08 Å². The Bertz CT molecular complexity index is 564. The van der Waals surface area contributed by atoms with Crippen LogP contribution in [0.2, 0.25) is 0 Å². The molecule has 0 N–H and O–H groups in total. The maximum Gasteiger partial charge on any atom is 0.127 e. The van der Waals surface area contributed by atoms with Crippen molar-refractivity contribution in [3.05, 3.63) is 65.7 Å². The van der Waals surface area contributed by atoms with Gasteiger partial charge in [0.05, 0.1) is 0 Å². The molecule has 0 aliphatic heterocycles. The van der Waals surface area contributed by atoms with Gasteiger partial charge in [-0.3, -0.25) is 0 Å². The average molecular weight is 294 g/mol. The first kappa shape index (κ1) is 16.4. The topological polar surface area (TPSA) is 9.23 Å². The second-order valence-electron chi connectivity index (χ2n) is 5.61. The van der Waals surface area contributed by atoms with Crippen molar-refractivity contribution in [1.29, 1.82) is 0 Å². The molecule has 1 nitrogen and oxygen atoms in total. The molecular formula is C21H26O. The van der Waals surface area contributed by atoms with Gasteiger partial charge in [0, 0.05) is 0 Å². The van der Waals surface area contributed by atoms with Crippen molar-refractivity contribution in [2.75, 3.05) is 0 Å². The molecule has 0 atom stereocenters. The summed E-state index contributed by atoms with van der Waals surface area (Å²) in [4.78, 5) is 0. The van der Waals surface area contributed by atoms with Crippen LogP contribution in [0.25, 0.3) is 6.08 Å². The summed E-state index contributed by atoms with van der Waals surface area (Å²) >= 11 is 0. The number of benzene rings is 2. The van der Waals surface area contributed by atoms with Crippen molar-refractivity contribution < 1.29 is 4.74 Å². The highest BCUT2D eigenvalue weighted by Gasteiger charge is 1.98. The van der Waals surface area contributed by atoms with E-state index in [9.17, 15) is 0 Å². The van der Waals surface area contributed by atoms with Crippen LogP contribution >= 0.6 is 0 Å². The molecule has 0 spiro atoms. The van der Waals surface area contributed by atoms with E-state index in [0.717, 1.165) is 24.3 Å². The van der Waals surface area contributed by atoms with Crippen LogP contribution in [0.3, 0.4) is 0 Å². The number of allylic oxidation sites excluding steroid dienone is 1. The smallest absolute Gasteiger partial charge is 0.127 e. The van der Waals surface area contributed by atoms with Gasteiger partial charge in [-0.05, 0) is 54.7 Å². The van der Waals surface area contributed by atoms with Gasteiger partial charge in [-0.1, -0.05) is 63.1 Å². The van der Waals surface area contributed by atoms with Crippen molar-refractivity contribution in [2.45, 2.75) is 46.0 Å². The van der Waals surface area contributed by atoms with E-state index >= 15 is 0 Å². The van der Waals surface area contributed by atoms with E-state index in [1.54, 1.807) is 0 Å². The van der Waals surface area contributed by atoms with Gasteiger partial charge in [0.2, 0.25) is 0 Å². The molecule has 116 valence electrons. The first-order chi connectivity index (χ1) is 10.8. The third kappa shape index (κ3) is 5.40. The molecule has 2 rings (SSSR count). The summed E-state index contributed by atoms with van der Waals surface area (Å²) in [6.45, 7) is 4.41. The van der Waals surface area contributed by atoms with E-state index < -0.39 is 0 Å². The minimum Gasteiger partial charge on any atom is -0.457 e. The third-order valence-electron chi connectivity index (χ3n) is 3.62. The zero-order valence-corrected chi connectivity index (χ0v) is 13.7. The second-order valence-corrected chi connectivity index (χ2v) is 5.61. The van der Waals surface area contributed by atoms with Gasteiger partial charge in [0.25, 0.3) is 0 Å². The maximum absolute atomic E-state index is 5.89. The lowest BCUT2D eigenvalue weighted by molar-refractivity contribution is 0.482. The van der Waals surface area contributed by atoms with Gasteiger partial charge in [-0.2, -0.15) is 0 Å². The first-order valence-corrected chi connectivity index (χ1v) is 8.35. The van der Waals surface area contributed by atoms with Crippen molar-refractivity contribution in [3.8, 4) is 11.5 Å². The fourth-order valence-electron chi connectivity index (χ4n) is 2.27. The van der Waals surface area contributed by atoms with Crippen molar-refractivity contribution in [3.63, 3.8) is 0 Å². The van der Waals surface area contributed by atoms with Crippen LogP contribution in [-0.2, 0) is 6.42 Å². The van der Waals surface area contributed by atoms with Crippen LogP contribution in [0.4, 0.5) is 0 Å². The summed E-state index contributed by atoms with van der Waals surface area (Å²) in [6.07, 6.45) is 10.3. The lowest BCUT2D eigenvalue weighted by atomic mass is 10.1. The molecule has 0 aliphatic carbocycles. The van der Waals surface area contributed by atoms with Crippen molar-refractivity contribution in [2.24, 2.45) is 0 Å². The van der Waals surface area contributed by atoms with E-state index in [-0.39, 0.29) is 0 Å². The Balaban J connectivity index is 1.92. The maximum atomic E-state index is 5.89. The van der Waals surface area contributed by atoms with Crippen LogP contribution in [0.1, 0.15) is 50.7 Å². The largest absolute Gasteiger partial charge is 0.457 e. The number of ether oxygens (including phenoxy) is 1. The summed E-state index contributed by atoms with van der Waals surface area (Å²) < 4.78 is 5.89. The Hall–Kier alpha value is -2.02. The fraction of sp³-hybridized carbons (Fsp3) is 0.333. The molecule has 0 aliphatic rings. The summed E-state index contributed by atoms with van der Waals surface area (Å²) in [7, 11) is 0. The van der Waals surface area contributed by atoms with E-state index in [0.29, 0.717) is 0 Å². The monoisotopic (exact) mass is 294 g/mol. The standard InChI is InChI=1S/C21H26O/c1-3-5-7-9-19-12-16-21(17-13-19)22-20-14-10-18(11-15-20)8-6-4-2/h7,9-17H,3-6,8H2,1-2H3/b9-7+. The summed E-state index contributed by atoms with van der Waals surface area (Å²) in [5, 5.41) is 0. The van der Waals surface area contributed by atoms with Crippen molar-refractivity contribution in [1.82, 2.24) is 0 Å².